The van der Waals surface area contributed by atoms with E-state index in [2.05, 4.69) is 10.6 Å². The van der Waals surface area contributed by atoms with Gasteiger partial charge in [-0.1, -0.05) is 26.0 Å². The van der Waals surface area contributed by atoms with Crippen molar-refractivity contribution >= 4 is 23.8 Å². The topological polar surface area (TPSA) is 114 Å². The number of rotatable bonds is 6. The number of nitrogens with one attached hydrogen (secondary N) is 3. The molecule has 3 N–H and O–H groups in total. The molecule has 2 atom stereocenters. The van der Waals surface area contributed by atoms with Gasteiger partial charge in [-0.2, -0.15) is 0 Å². The van der Waals surface area contributed by atoms with Crippen LogP contribution in [-0.4, -0.2) is 43.0 Å². The fourth-order valence-corrected chi connectivity index (χ4v) is 1.94. The summed E-state index contributed by atoms with van der Waals surface area (Å²) in [4.78, 5) is 47.3. The van der Waals surface area contributed by atoms with Crippen molar-refractivity contribution in [1.29, 1.82) is 0 Å². The summed E-state index contributed by atoms with van der Waals surface area (Å²) in [5, 5.41) is 6.57. The van der Waals surface area contributed by atoms with Crippen molar-refractivity contribution in [3.05, 3.63) is 35.6 Å². The van der Waals surface area contributed by atoms with Crippen LogP contribution in [0, 0.1) is 11.7 Å². The molecule has 1 aromatic rings. The van der Waals surface area contributed by atoms with Crippen LogP contribution in [0.4, 0.5) is 9.18 Å². The van der Waals surface area contributed by atoms with Crippen LogP contribution in [0.2, 0.25) is 0 Å². The third kappa shape index (κ3) is 5.83. The molecular formula is C17H22FN3O5. The molecule has 4 amide bonds. The predicted octanol–water partition coefficient (Wildman–Crippen LogP) is 0.967. The van der Waals surface area contributed by atoms with E-state index >= 15 is 0 Å². The van der Waals surface area contributed by atoms with Gasteiger partial charge in [-0.25, -0.2) is 14.0 Å². The second-order valence-corrected chi connectivity index (χ2v) is 5.82. The summed E-state index contributed by atoms with van der Waals surface area (Å²) < 4.78 is 18.7. The van der Waals surface area contributed by atoms with Crippen LogP contribution in [0.25, 0.3) is 0 Å². The number of benzene rings is 1. The highest BCUT2D eigenvalue weighted by Crippen LogP contribution is 2.10. The van der Waals surface area contributed by atoms with Crippen molar-refractivity contribution in [1.82, 2.24) is 16.0 Å². The van der Waals surface area contributed by atoms with Crippen LogP contribution in [-0.2, 0) is 14.3 Å². The normalized spacial score (nSPS) is 12.7. The molecule has 0 bridgehead atoms. The number of halogens is 1. The molecule has 0 aromatic heterocycles. The average Bonchev–Trinajstić information content (AvgIpc) is 2.58. The van der Waals surface area contributed by atoms with Gasteiger partial charge in [0, 0.05) is 7.05 Å². The minimum atomic E-state index is -1.26. The van der Waals surface area contributed by atoms with Gasteiger partial charge in [-0.05, 0) is 25.0 Å². The molecule has 0 saturated carbocycles. The highest BCUT2D eigenvalue weighted by molar-refractivity contribution is 5.99. The maximum atomic E-state index is 13.7. The number of carbonyl (C=O) groups is 4. The third-order valence-corrected chi connectivity index (χ3v) is 3.45. The van der Waals surface area contributed by atoms with E-state index in [0.717, 1.165) is 6.07 Å². The molecule has 0 saturated heterocycles. The number of ether oxygens (including phenoxy) is 1. The summed E-state index contributed by atoms with van der Waals surface area (Å²) in [6.45, 7) is 4.60. The van der Waals surface area contributed by atoms with Crippen LogP contribution in [0.3, 0.4) is 0 Å². The summed E-state index contributed by atoms with van der Waals surface area (Å²) in [5.41, 5.74) is -0.212. The predicted molar refractivity (Wildman–Crippen MR) is 90.6 cm³/mol. The molecule has 0 spiro atoms. The Bertz CT molecular complexity index is 693. The van der Waals surface area contributed by atoms with E-state index in [4.69, 9.17) is 4.74 Å². The highest BCUT2D eigenvalue weighted by atomic mass is 19.1. The van der Waals surface area contributed by atoms with Crippen LogP contribution in [0.1, 0.15) is 31.1 Å². The number of carbonyl (C=O) groups excluding carboxylic acids is 4. The lowest BCUT2D eigenvalue weighted by Crippen LogP contribution is -2.49. The first-order valence-electron chi connectivity index (χ1n) is 7.95. The van der Waals surface area contributed by atoms with Crippen molar-refractivity contribution in [2.24, 2.45) is 5.92 Å². The van der Waals surface area contributed by atoms with Gasteiger partial charge in [-0.3, -0.25) is 14.9 Å². The molecule has 1 aromatic carbocycles. The van der Waals surface area contributed by atoms with Gasteiger partial charge in [0.05, 0.1) is 5.56 Å². The van der Waals surface area contributed by atoms with E-state index in [-0.39, 0.29) is 11.5 Å². The summed E-state index contributed by atoms with van der Waals surface area (Å²) >= 11 is 0. The summed E-state index contributed by atoms with van der Waals surface area (Å²) in [6, 6.07) is 3.50. The number of urea groups is 1. The van der Waals surface area contributed by atoms with E-state index in [1.165, 1.54) is 32.2 Å². The first-order chi connectivity index (χ1) is 12.2. The fraction of sp³-hybridized carbons (Fsp3) is 0.412. The van der Waals surface area contributed by atoms with Crippen molar-refractivity contribution in [3.63, 3.8) is 0 Å². The quantitative estimate of drug-likeness (QED) is 0.648. The lowest BCUT2D eigenvalue weighted by atomic mass is 10.0. The van der Waals surface area contributed by atoms with Crippen molar-refractivity contribution in [2.75, 3.05) is 7.05 Å². The summed E-state index contributed by atoms with van der Waals surface area (Å²) in [7, 11) is 1.33. The zero-order valence-corrected chi connectivity index (χ0v) is 15.0. The number of hydrogen-bond acceptors (Lipinski definition) is 5. The molecule has 0 unspecified atom stereocenters. The minimum Gasteiger partial charge on any atom is -0.451 e. The van der Waals surface area contributed by atoms with Crippen LogP contribution >= 0.6 is 0 Å². The van der Waals surface area contributed by atoms with E-state index < -0.39 is 41.8 Å². The third-order valence-electron chi connectivity index (χ3n) is 3.45. The summed E-state index contributed by atoms with van der Waals surface area (Å²) in [6.07, 6.45) is -1.26. The van der Waals surface area contributed by atoms with Gasteiger partial charge in [0.1, 0.15) is 11.9 Å². The average molecular weight is 367 g/mol. The molecule has 0 aliphatic heterocycles. The number of esters is 1. The first kappa shape index (κ1) is 21.1. The van der Waals surface area contributed by atoms with Gasteiger partial charge in [0.15, 0.2) is 6.10 Å². The van der Waals surface area contributed by atoms with E-state index in [0.29, 0.717) is 0 Å². The van der Waals surface area contributed by atoms with Crippen molar-refractivity contribution in [3.8, 4) is 0 Å². The maximum Gasteiger partial charge on any atom is 0.329 e. The van der Waals surface area contributed by atoms with Gasteiger partial charge < -0.3 is 15.4 Å². The molecule has 142 valence electrons. The highest BCUT2D eigenvalue weighted by Gasteiger charge is 2.30. The van der Waals surface area contributed by atoms with Crippen LogP contribution < -0.4 is 16.0 Å². The maximum absolute atomic E-state index is 13.7. The molecule has 0 fully saturated rings. The Hall–Kier alpha value is -2.97. The van der Waals surface area contributed by atoms with E-state index in [1.54, 1.807) is 13.8 Å². The Labute approximate surface area is 150 Å². The number of amides is 4. The Kier molecular flexibility index (Phi) is 7.70. The standard InChI is InChI=1S/C17H22FN3O5/c1-9(2)13(20-15(23)11-7-5-6-8-12(11)18)16(24)26-10(3)14(22)21-17(25)19-4/h5-10,13H,1-4H3,(H,20,23)(H2,19,21,22,25)/t10-,13+/m1/s1. The monoisotopic (exact) mass is 367 g/mol. The largest absolute Gasteiger partial charge is 0.451 e. The molecule has 26 heavy (non-hydrogen) atoms. The number of imide groups is 1. The van der Waals surface area contributed by atoms with E-state index in [9.17, 15) is 23.6 Å². The van der Waals surface area contributed by atoms with Crippen LogP contribution in [0.15, 0.2) is 24.3 Å². The molecule has 0 aliphatic carbocycles. The molecule has 9 heteroatoms. The Morgan fingerprint density at radius 3 is 2.23 bits per heavy atom. The molecule has 0 heterocycles. The number of hydrogen-bond donors (Lipinski definition) is 3. The lowest BCUT2D eigenvalue weighted by molar-refractivity contribution is -0.157. The zero-order valence-electron chi connectivity index (χ0n) is 15.0. The second-order valence-electron chi connectivity index (χ2n) is 5.82. The Morgan fingerprint density at radius 2 is 1.69 bits per heavy atom. The van der Waals surface area contributed by atoms with Gasteiger partial charge in [0.2, 0.25) is 0 Å². The molecule has 8 nitrogen and oxygen atoms in total. The SMILES string of the molecule is CNC(=O)NC(=O)[C@@H](C)OC(=O)[C@@H](NC(=O)c1ccccc1F)C(C)C. The first-order valence-corrected chi connectivity index (χ1v) is 7.95. The molecule has 0 radical (unpaired) electrons. The van der Waals surface area contributed by atoms with Crippen molar-refractivity contribution in [2.45, 2.75) is 32.9 Å². The lowest BCUT2D eigenvalue weighted by Gasteiger charge is -2.23. The molecule has 0 aliphatic rings. The van der Waals surface area contributed by atoms with Gasteiger partial charge in [-0.15, -0.1) is 0 Å². The molecule has 1 rings (SSSR count). The van der Waals surface area contributed by atoms with Crippen LogP contribution in [0.5, 0.6) is 0 Å². The smallest absolute Gasteiger partial charge is 0.329 e. The minimum absolute atomic E-state index is 0.212. The summed E-state index contributed by atoms with van der Waals surface area (Å²) in [5.74, 6) is -3.57. The second kappa shape index (κ2) is 9.50. The Balaban J connectivity index is 2.78. The van der Waals surface area contributed by atoms with Gasteiger partial charge >= 0.3 is 12.0 Å². The zero-order chi connectivity index (χ0) is 19.9. The van der Waals surface area contributed by atoms with Crippen molar-refractivity contribution < 1.29 is 28.3 Å². The van der Waals surface area contributed by atoms with Gasteiger partial charge in [0.25, 0.3) is 11.8 Å². The fourth-order valence-electron chi connectivity index (χ4n) is 1.94. The Morgan fingerprint density at radius 1 is 1.08 bits per heavy atom. The molecular weight excluding hydrogens is 345 g/mol. The van der Waals surface area contributed by atoms with E-state index in [1.807, 2.05) is 5.32 Å².